The Morgan fingerprint density at radius 2 is 1.69 bits per heavy atom. The largest absolute Gasteiger partial charge is 0.369 e. The highest BCUT2D eigenvalue weighted by Crippen LogP contribution is 2.25. The molecular weight excluding hydrogens is 360 g/mol. The molecule has 0 radical (unpaired) electrons. The summed E-state index contributed by atoms with van der Waals surface area (Å²) in [5.74, 6) is 0.884. The lowest BCUT2D eigenvalue weighted by Gasteiger charge is -2.15. The summed E-state index contributed by atoms with van der Waals surface area (Å²) >= 11 is 0. The average Bonchev–Trinajstić information content (AvgIpc) is 3.44. The molecule has 146 valence electrons. The number of fused-ring (bicyclic) bond motifs is 1. The molecule has 1 fully saturated rings. The molecule has 0 bridgehead atoms. The number of aromatic nitrogens is 4. The fraction of sp³-hybridized carbons (Fsp3) is 0.261. The first-order valence-corrected chi connectivity index (χ1v) is 10.2. The number of pyridine rings is 1. The van der Waals surface area contributed by atoms with E-state index in [0.29, 0.717) is 0 Å². The van der Waals surface area contributed by atoms with Crippen molar-refractivity contribution in [2.45, 2.75) is 12.8 Å². The summed E-state index contributed by atoms with van der Waals surface area (Å²) in [6.45, 7) is 4.40. The van der Waals surface area contributed by atoms with Crippen molar-refractivity contribution in [2.24, 2.45) is 0 Å². The van der Waals surface area contributed by atoms with E-state index in [0.717, 1.165) is 47.1 Å². The van der Waals surface area contributed by atoms with E-state index < -0.39 is 0 Å². The molecule has 1 saturated heterocycles. The molecule has 1 aromatic carbocycles. The molecule has 4 heterocycles. The third-order valence-corrected chi connectivity index (χ3v) is 5.42. The van der Waals surface area contributed by atoms with Crippen LogP contribution >= 0.6 is 0 Å². The van der Waals surface area contributed by atoms with E-state index in [1.807, 2.05) is 53.3 Å². The molecule has 29 heavy (non-hydrogen) atoms. The minimum absolute atomic E-state index is 0.835. The number of nitrogens with zero attached hydrogens (tertiary/aromatic N) is 5. The van der Waals surface area contributed by atoms with E-state index in [1.165, 1.54) is 25.9 Å². The van der Waals surface area contributed by atoms with Gasteiger partial charge in [-0.1, -0.05) is 30.3 Å². The summed E-state index contributed by atoms with van der Waals surface area (Å²) in [5, 5.41) is 8.28. The second kappa shape index (κ2) is 8.01. The maximum Gasteiger partial charge on any atom is 0.156 e. The quantitative estimate of drug-likeness (QED) is 0.545. The zero-order valence-corrected chi connectivity index (χ0v) is 16.3. The summed E-state index contributed by atoms with van der Waals surface area (Å²) in [5.41, 5.74) is 4.91. The molecule has 0 atom stereocenters. The van der Waals surface area contributed by atoms with Crippen LogP contribution in [-0.4, -0.2) is 50.7 Å². The van der Waals surface area contributed by atoms with Crippen molar-refractivity contribution in [2.75, 3.05) is 31.5 Å². The lowest BCUT2D eigenvalue weighted by molar-refractivity contribution is 0.352. The standard InChI is InChI=1S/C23H24N6/c1-2-6-18(7-3-1)21-9-11-26-23-17-20(27-29(21)23)19-8-10-24-22(16-19)25-12-15-28-13-4-5-14-28/h1-3,6-11,16-17H,4-5,12-15H2,(H,24,25). The Balaban J connectivity index is 1.39. The van der Waals surface area contributed by atoms with Gasteiger partial charge in [0, 0.05) is 42.7 Å². The van der Waals surface area contributed by atoms with Gasteiger partial charge in [-0.05, 0) is 44.1 Å². The summed E-state index contributed by atoms with van der Waals surface area (Å²) in [4.78, 5) is 11.5. The van der Waals surface area contributed by atoms with Crippen LogP contribution in [-0.2, 0) is 0 Å². The van der Waals surface area contributed by atoms with Crippen molar-refractivity contribution < 1.29 is 0 Å². The van der Waals surface area contributed by atoms with Crippen molar-refractivity contribution in [1.82, 2.24) is 24.5 Å². The van der Waals surface area contributed by atoms with Crippen LogP contribution in [0.2, 0.25) is 0 Å². The third kappa shape index (κ3) is 3.84. The number of likely N-dealkylation sites (tertiary alicyclic amines) is 1. The summed E-state index contributed by atoms with van der Waals surface area (Å²) in [7, 11) is 0. The van der Waals surface area contributed by atoms with Gasteiger partial charge in [0.25, 0.3) is 0 Å². The molecule has 1 aliphatic rings. The van der Waals surface area contributed by atoms with Gasteiger partial charge in [-0.15, -0.1) is 0 Å². The van der Waals surface area contributed by atoms with Gasteiger partial charge in [0.15, 0.2) is 5.65 Å². The number of rotatable bonds is 6. The third-order valence-electron chi connectivity index (χ3n) is 5.42. The molecule has 3 aromatic heterocycles. The van der Waals surface area contributed by atoms with Crippen LogP contribution < -0.4 is 5.32 Å². The van der Waals surface area contributed by atoms with Crippen molar-refractivity contribution in [3.05, 3.63) is 67.0 Å². The Labute approximate surface area is 170 Å². The minimum atomic E-state index is 0.835. The minimum Gasteiger partial charge on any atom is -0.369 e. The zero-order chi connectivity index (χ0) is 19.5. The Kier molecular flexibility index (Phi) is 4.92. The first-order valence-electron chi connectivity index (χ1n) is 10.2. The second-order valence-corrected chi connectivity index (χ2v) is 7.40. The zero-order valence-electron chi connectivity index (χ0n) is 16.3. The molecule has 0 unspecified atom stereocenters. The fourth-order valence-electron chi connectivity index (χ4n) is 3.90. The Hall–Kier alpha value is -3.25. The van der Waals surface area contributed by atoms with Crippen LogP contribution in [0.4, 0.5) is 5.82 Å². The maximum atomic E-state index is 4.83. The number of hydrogen-bond donors (Lipinski definition) is 1. The van der Waals surface area contributed by atoms with Gasteiger partial charge in [0.1, 0.15) is 5.82 Å². The van der Waals surface area contributed by atoms with Gasteiger partial charge >= 0.3 is 0 Å². The maximum absolute atomic E-state index is 4.83. The van der Waals surface area contributed by atoms with Gasteiger partial charge in [0.2, 0.25) is 0 Å². The Morgan fingerprint density at radius 3 is 2.55 bits per heavy atom. The van der Waals surface area contributed by atoms with Gasteiger partial charge < -0.3 is 10.2 Å². The van der Waals surface area contributed by atoms with Crippen molar-refractivity contribution in [3.8, 4) is 22.5 Å². The summed E-state index contributed by atoms with van der Waals surface area (Å²) in [6.07, 6.45) is 6.31. The monoisotopic (exact) mass is 384 g/mol. The van der Waals surface area contributed by atoms with Crippen LogP contribution in [0.5, 0.6) is 0 Å². The number of anilines is 1. The topological polar surface area (TPSA) is 58.4 Å². The van der Waals surface area contributed by atoms with E-state index in [4.69, 9.17) is 5.10 Å². The van der Waals surface area contributed by atoms with Gasteiger partial charge in [-0.3, -0.25) is 0 Å². The molecule has 4 aromatic rings. The smallest absolute Gasteiger partial charge is 0.156 e. The second-order valence-electron chi connectivity index (χ2n) is 7.40. The van der Waals surface area contributed by atoms with Crippen molar-refractivity contribution in [3.63, 3.8) is 0 Å². The SMILES string of the molecule is c1ccc(-c2ccnc3cc(-c4ccnc(NCCN5CCCC5)c4)nn23)cc1. The molecule has 6 nitrogen and oxygen atoms in total. The van der Waals surface area contributed by atoms with E-state index >= 15 is 0 Å². The van der Waals surface area contributed by atoms with Gasteiger partial charge in [0.05, 0.1) is 11.4 Å². The molecule has 0 saturated carbocycles. The fourth-order valence-corrected chi connectivity index (χ4v) is 3.90. The van der Waals surface area contributed by atoms with E-state index in [1.54, 1.807) is 0 Å². The van der Waals surface area contributed by atoms with Crippen LogP contribution in [0.25, 0.3) is 28.2 Å². The lowest BCUT2D eigenvalue weighted by atomic mass is 10.1. The Morgan fingerprint density at radius 1 is 0.862 bits per heavy atom. The molecule has 5 rings (SSSR count). The molecule has 0 spiro atoms. The van der Waals surface area contributed by atoms with Crippen LogP contribution in [0.3, 0.4) is 0 Å². The first-order chi connectivity index (χ1) is 14.4. The highest BCUT2D eigenvalue weighted by molar-refractivity contribution is 5.69. The van der Waals surface area contributed by atoms with Crippen LogP contribution in [0.15, 0.2) is 67.0 Å². The molecule has 6 heteroatoms. The summed E-state index contributed by atoms with van der Waals surface area (Å²) in [6, 6.07) is 18.3. The molecule has 0 aliphatic carbocycles. The first kappa shape index (κ1) is 17.8. The highest BCUT2D eigenvalue weighted by Gasteiger charge is 2.12. The molecule has 0 amide bonds. The molecule has 1 aliphatic heterocycles. The predicted octanol–water partition coefficient (Wildman–Crippen LogP) is 3.97. The number of hydrogen-bond acceptors (Lipinski definition) is 5. The number of nitrogens with one attached hydrogen (secondary N) is 1. The van der Waals surface area contributed by atoms with E-state index in [9.17, 15) is 0 Å². The van der Waals surface area contributed by atoms with Crippen LogP contribution in [0, 0.1) is 0 Å². The van der Waals surface area contributed by atoms with Crippen LogP contribution in [0.1, 0.15) is 12.8 Å². The lowest BCUT2D eigenvalue weighted by Crippen LogP contribution is -2.26. The van der Waals surface area contributed by atoms with Crippen molar-refractivity contribution >= 4 is 11.5 Å². The molecule has 1 N–H and O–H groups in total. The molecular formula is C23H24N6. The van der Waals surface area contributed by atoms with Crippen molar-refractivity contribution in [1.29, 1.82) is 0 Å². The van der Waals surface area contributed by atoms with E-state index in [-0.39, 0.29) is 0 Å². The average molecular weight is 384 g/mol. The van der Waals surface area contributed by atoms with E-state index in [2.05, 4.69) is 38.4 Å². The Bertz CT molecular complexity index is 1100. The highest BCUT2D eigenvalue weighted by atomic mass is 15.3. The normalized spacial score (nSPS) is 14.5. The number of benzene rings is 1. The van der Waals surface area contributed by atoms with Gasteiger partial charge in [-0.2, -0.15) is 5.10 Å². The summed E-state index contributed by atoms with van der Waals surface area (Å²) < 4.78 is 1.91. The van der Waals surface area contributed by atoms with Gasteiger partial charge in [-0.25, -0.2) is 14.5 Å². The predicted molar refractivity (Wildman–Crippen MR) is 116 cm³/mol.